The molecule has 0 aliphatic carbocycles. The molecule has 1 amide bonds. The summed E-state index contributed by atoms with van der Waals surface area (Å²) in [7, 11) is 0. The van der Waals surface area contributed by atoms with Gasteiger partial charge >= 0.3 is 0 Å². The van der Waals surface area contributed by atoms with Crippen LogP contribution < -0.4 is 0 Å². The molecule has 1 aliphatic rings. The maximum atomic E-state index is 12.1. The van der Waals surface area contributed by atoms with Crippen molar-refractivity contribution in [3.63, 3.8) is 0 Å². The zero-order valence-corrected chi connectivity index (χ0v) is 12.1. The highest BCUT2D eigenvalue weighted by Crippen LogP contribution is 2.24. The maximum absolute atomic E-state index is 12.1. The lowest BCUT2D eigenvalue weighted by atomic mass is 10.1. The van der Waals surface area contributed by atoms with Gasteiger partial charge in [-0.15, -0.1) is 11.6 Å². The molecule has 1 fully saturated rings. The van der Waals surface area contributed by atoms with Crippen LogP contribution in [0.1, 0.15) is 12.0 Å². The zero-order chi connectivity index (χ0) is 13.1. The molecule has 2 rings (SSSR count). The minimum absolute atomic E-state index is 0.126. The predicted molar refractivity (Wildman–Crippen MR) is 75.6 cm³/mol. The first kappa shape index (κ1) is 14.0. The minimum Gasteiger partial charge on any atom is -0.342 e. The fourth-order valence-corrected chi connectivity index (χ4v) is 2.69. The van der Waals surface area contributed by atoms with Gasteiger partial charge in [0.1, 0.15) is 0 Å². The van der Waals surface area contributed by atoms with Crippen molar-refractivity contribution in [1.29, 1.82) is 0 Å². The van der Waals surface area contributed by atoms with Crippen molar-refractivity contribution in [2.45, 2.75) is 12.8 Å². The number of rotatable bonds is 3. The molecule has 18 heavy (non-hydrogen) atoms. The van der Waals surface area contributed by atoms with E-state index in [1.807, 2.05) is 11.0 Å². The second-order valence-electron chi connectivity index (χ2n) is 4.57. The maximum Gasteiger partial charge on any atom is 0.227 e. The lowest BCUT2D eigenvalue weighted by Gasteiger charge is -2.16. The Kier molecular flexibility index (Phi) is 4.77. The summed E-state index contributed by atoms with van der Waals surface area (Å²) in [5, 5.41) is 0.998. The van der Waals surface area contributed by atoms with Gasteiger partial charge in [0.15, 0.2) is 0 Å². The summed E-state index contributed by atoms with van der Waals surface area (Å²) in [4.78, 5) is 13.9. The first-order valence-corrected chi connectivity index (χ1v) is 7.17. The summed E-state index contributed by atoms with van der Waals surface area (Å²) in [6, 6.07) is 5.30. The highest BCUT2D eigenvalue weighted by Gasteiger charge is 2.25. The first-order valence-electron chi connectivity index (χ1n) is 5.88. The van der Waals surface area contributed by atoms with Crippen molar-refractivity contribution < 1.29 is 4.79 Å². The number of alkyl halides is 1. The number of benzene rings is 1. The third kappa shape index (κ3) is 3.31. The molecule has 1 atom stereocenters. The van der Waals surface area contributed by atoms with Crippen molar-refractivity contribution in [2.75, 3.05) is 19.0 Å². The Morgan fingerprint density at radius 2 is 2.11 bits per heavy atom. The van der Waals surface area contributed by atoms with Crippen LogP contribution in [0.4, 0.5) is 0 Å². The number of hydrogen-bond acceptors (Lipinski definition) is 1. The van der Waals surface area contributed by atoms with Gasteiger partial charge in [-0.05, 0) is 30.0 Å². The molecule has 1 unspecified atom stereocenters. The summed E-state index contributed by atoms with van der Waals surface area (Å²) in [6.45, 7) is 1.57. The summed E-state index contributed by atoms with van der Waals surface area (Å²) >= 11 is 17.6. The van der Waals surface area contributed by atoms with Crippen LogP contribution in [0.3, 0.4) is 0 Å². The second-order valence-corrected chi connectivity index (χ2v) is 5.70. The van der Waals surface area contributed by atoms with Crippen molar-refractivity contribution in [1.82, 2.24) is 4.90 Å². The van der Waals surface area contributed by atoms with E-state index in [2.05, 4.69) is 0 Å². The molecule has 1 aromatic carbocycles. The Hall–Kier alpha value is -0.440. The fourth-order valence-electron chi connectivity index (χ4n) is 2.12. The van der Waals surface area contributed by atoms with E-state index < -0.39 is 0 Å². The Labute approximate surface area is 122 Å². The van der Waals surface area contributed by atoms with Crippen LogP contribution in [-0.4, -0.2) is 29.8 Å². The van der Waals surface area contributed by atoms with Gasteiger partial charge in [0, 0.05) is 19.0 Å². The Balaban J connectivity index is 1.97. The van der Waals surface area contributed by atoms with E-state index in [0.717, 1.165) is 25.1 Å². The van der Waals surface area contributed by atoms with Crippen LogP contribution in [0.25, 0.3) is 0 Å². The number of carbonyl (C=O) groups is 1. The van der Waals surface area contributed by atoms with Crippen molar-refractivity contribution in [2.24, 2.45) is 5.92 Å². The summed E-state index contributed by atoms with van der Waals surface area (Å²) in [5.41, 5.74) is 0.892. The molecule has 0 spiro atoms. The average Bonchev–Trinajstić information content (AvgIpc) is 2.82. The summed E-state index contributed by atoms with van der Waals surface area (Å²) < 4.78 is 0. The van der Waals surface area contributed by atoms with Crippen molar-refractivity contribution in [3.05, 3.63) is 33.8 Å². The zero-order valence-electron chi connectivity index (χ0n) is 9.83. The van der Waals surface area contributed by atoms with E-state index in [1.165, 1.54) is 0 Å². The van der Waals surface area contributed by atoms with Gasteiger partial charge in [0.05, 0.1) is 16.5 Å². The number of carbonyl (C=O) groups excluding carboxylic acids is 1. The fraction of sp³-hybridized carbons (Fsp3) is 0.462. The van der Waals surface area contributed by atoms with Crippen LogP contribution in [-0.2, 0) is 11.2 Å². The molecule has 0 aromatic heterocycles. The molecule has 0 N–H and O–H groups in total. The van der Waals surface area contributed by atoms with E-state index >= 15 is 0 Å². The minimum atomic E-state index is 0.126. The molecule has 0 radical (unpaired) electrons. The number of hydrogen-bond donors (Lipinski definition) is 0. The number of halogens is 3. The van der Waals surface area contributed by atoms with Gasteiger partial charge in [0.2, 0.25) is 5.91 Å². The van der Waals surface area contributed by atoms with Crippen molar-refractivity contribution in [3.8, 4) is 0 Å². The van der Waals surface area contributed by atoms with Gasteiger partial charge in [-0.25, -0.2) is 0 Å². The molecule has 1 aliphatic heterocycles. The molecule has 1 aromatic rings. The van der Waals surface area contributed by atoms with Gasteiger partial charge in [-0.3, -0.25) is 4.79 Å². The third-order valence-corrected chi connectivity index (χ3v) is 4.37. The number of amides is 1. The van der Waals surface area contributed by atoms with E-state index in [4.69, 9.17) is 34.8 Å². The molecule has 5 heteroatoms. The van der Waals surface area contributed by atoms with Gasteiger partial charge in [-0.2, -0.15) is 0 Å². The number of likely N-dealkylation sites (tertiary alicyclic amines) is 1. The van der Waals surface area contributed by atoms with Crippen LogP contribution >= 0.6 is 34.8 Å². The highest BCUT2D eigenvalue weighted by molar-refractivity contribution is 6.42. The van der Waals surface area contributed by atoms with E-state index in [9.17, 15) is 4.79 Å². The molecule has 1 heterocycles. The monoisotopic (exact) mass is 305 g/mol. The quantitative estimate of drug-likeness (QED) is 0.781. The van der Waals surface area contributed by atoms with Crippen LogP contribution in [0, 0.1) is 5.92 Å². The average molecular weight is 307 g/mol. The smallest absolute Gasteiger partial charge is 0.227 e. The normalized spacial score (nSPS) is 19.3. The Morgan fingerprint density at radius 1 is 1.33 bits per heavy atom. The van der Waals surface area contributed by atoms with Gasteiger partial charge < -0.3 is 4.90 Å². The highest BCUT2D eigenvalue weighted by atomic mass is 35.5. The Morgan fingerprint density at radius 3 is 2.72 bits per heavy atom. The summed E-state index contributed by atoms with van der Waals surface area (Å²) in [6.07, 6.45) is 1.36. The molecule has 98 valence electrons. The standard InChI is InChI=1S/C13H14Cl3NO/c14-7-10-3-4-17(8-10)13(18)6-9-1-2-11(15)12(16)5-9/h1-2,5,10H,3-4,6-8H2. The lowest BCUT2D eigenvalue weighted by Crippen LogP contribution is -2.30. The van der Waals surface area contributed by atoms with E-state index in [0.29, 0.717) is 28.3 Å². The molecule has 1 saturated heterocycles. The van der Waals surface area contributed by atoms with Crippen molar-refractivity contribution >= 4 is 40.7 Å². The molecular formula is C13H14Cl3NO. The van der Waals surface area contributed by atoms with E-state index in [1.54, 1.807) is 12.1 Å². The van der Waals surface area contributed by atoms with E-state index in [-0.39, 0.29) is 5.91 Å². The lowest BCUT2D eigenvalue weighted by molar-refractivity contribution is -0.129. The SMILES string of the molecule is O=C(Cc1ccc(Cl)c(Cl)c1)N1CCC(CCl)C1. The third-order valence-electron chi connectivity index (χ3n) is 3.20. The van der Waals surface area contributed by atoms with Gasteiger partial charge in [0.25, 0.3) is 0 Å². The molecule has 0 saturated carbocycles. The second kappa shape index (κ2) is 6.14. The van der Waals surface area contributed by atoms with Crippen LogP contribution in [0.15, 0.2) is 18.2 Å². The van der Waals surface area contributed by atoms with Gasteiger partial charge in [-0.1, -0.05) is 29.3 Å². The predicted octanol–water partition coefficient (Wildman–Crippen LogP) is 3.62. The molecular weight excluding hydrogens is 293 g/mol. The molecule has 0 bridgehead atoms. The van der Waals surface area contributed by atoms with Crippen LogP contribution in [0.5, 0.6) is 0 Å². The topological polar surface area (TPSA) is 20.3 Å². The first-order chi connectivity index (χ1) is 8.60. The largest absolute Gasteiger partial charge is 0.342 e. The van der Waals surface area contributed by atoms with Crippen LogP contribution in [0.2, 0.25) is 10.0 Å². The molecule has 2 nitrogen and oxygen atoms in total. The number of nitrogens with zero attached hydrogens (tertiary/aromatic N) is 1. The Bertz CT molecular complexity index is 450. The summed E-state index contributed by atoms with van der Waals surface area (Å²) in [5.74, 6) is 1.18.